The quantitative estimate of drug-likeness (QED) is 0.681. The third kappa shape index (κ3) is 1.10. The Bertz CT molecular complexity index is 356. The Morgan fingerprint density at radius 2 is 2.08 bits per heavy atom. The summed E-state index contributed by atoms with van der Waals surface area (Å²) < 4.78 is 5.57. The lowest BCUT2D eigenvalue weighted by Crippen LogP contribution is -2.51. The van der Waals surface area contributed by atoms with Crippen LogP contribution in [0.15, 0.2) is 34.7 Å². The highest BCUT2D eigenvalue weighted by molar-refractivity contribution is 5.77. The first-order valence-electron chi connectivity index (χ1n) is 4.09. The van der Waals surface area contributed by atoms with E-state index in [0.717, 1.165) is 16.7 Å². The van der Waals surface area contributed by atoms with Gasteiger partial charge in [-0.05, 0) is 19.1 Å². The second kappa shape index (κ2) is 2.64. The fourth-order valence-electron chi connectivity index (χ4n) is 1.25. The third-order valence-electron chi connectivity index (χ3n) is 1.93. The molecule has 0 saturated heterocycles. The van der Waals surface area contributed by atoms with Gasteiger partial charge in [0.2, 0.25) is 0 Å². The van der Waals surface area contributed by atoms with Crippen LogP contribution < -0.4 is 5.73 Å². The molecule has 0 spiro atoms. The minimum atomic E-state index is 0.220. The number of furan rings is 1. The molecule has 0 aliphatic carbocycles. The van der Waals surface area contributed by atoms with Crippen molar-refractivity contribution in [2.24, 2.45) is 0 Å². The van der Waals surface area contributed by atoms with Crippen LogP contribution in [0.3, 0.4) is 0 Å². The van der Waals surface area contributed by atoms with E-state index in [-0.39, 0.29) is 6.04 Å². The Hall–Kier alpha value is -1.28. The highest BCUT2D eigenvalue weighted by atomic mass is 16.3. The molecule has 0 fully saturated rings. The van der Waals surface area contributed by atoms with Gasteiger partial charge in [0.25, 0.3) is 0 Å². The van der Waals surface area contributed by atoms with Gasteiger partial charge in [0.05, 0.1) is 0 Å². The van der Waals surface area contributed by atoms with Crippen LogP contribution in [0, 0.1) is 0 Å². The first-order valence-corrected chi connectivity index (χ1v) is 4.09. The number of quaternary nitrogens is 1. The lowest BCUT2D eigenvalue weighted by molar-refractivity contribution is -0.424. The Morgan fingerprint density at radius 1 is 1.33 bits per heavy atom. The van der Waals surface area contributed by atoms with Crippen molar-refractivity contribution in [3.8, 4) is 0 Å². The van der Waals surface area contributed by atoms with Gasteiger partial charge in [-0.25, -0.2) is 0 Å². The summed E-state index contributed by atoms with van der Waals surface area (Å²) in [6.07, 6.45) is 0. The summed E-state index contributed by atoms with van der Waals surface area (Å²) >= 11 is 0. The Kier molecular flexibility index (Phi) is 1.62. The molecule has 1 aromatic heterocycles. The monoisotopic (exact) mass is 162 g/mol. The molecule has 12 heavy (non-hydrogen) atoms. The van der Waals surface area contributed by atoms with Gasteiger partial charge >= 0.3 is 0 Å². The maximum atomic E-state index is 5.57. The van der Waals surface area contributed by atoms with Gasteiger partial charge in [-0.2, -0.15) is 0 Å². The largest absolute Gasteiger partial charge is 0.455 e. The number of fused-ring (bicyclic) bond motifs is 1. The molecule has 1 heterocycles. The first-order chi connectivity index (χ1) is 5.77. The fourth-order valence-corrected chi connectivity index (χ4v) is 1.25. The van der Waals surface area contributed by atoms with E-state index in [4.69, 9.17) is 4.42 Å². The zero-order chi connectivity index (χ0) is 8.55. The van der Waals surface area contributed by atoms with E-state index in [1.807, 2.05) is 37.3 Å². The highest BCUT2D eigenvalue weighted by Crippen LogP contribution is 2.21. The van der Waals surface area contributed by atoms with Gasteiger partial charge in [-0.15, -0.1) is 0 Å². The van der Waals surface area contributed by atoms with Crippen molar-refractivity contribution in [2.45, 2.75) is 13.0 Å². The Balaban J connectivity index is 2.62. The number of hydrogen-bond acceptors (Lipinski definition) is 1. The second-order valence-corrected chi connectivity index (χ2v) is 3.09. The molecule has 0 radical (unpaired) electrons. The highest BCUT2D eigenvalue weighted by Gasteiger charge is 2.08. The molecule has 0 unspecified atom stereocenters. The van der Waals surface area contributed by atoms with E-state index < -0.39 is 0 Å². The summed E-state index contributed by atoms with van der Waals surface area (Å²) in [6.45, 7) is 2.03. The summed E-state index contributed by atoms with van der Waals surface area (Å²) in [4.78, 5) is 0. The van der Waals surface area contributed by atoms with Crippen LogP contribution in [-0.4, -0.2) is 0 Å². The summed E-state index contributed by atoms with van der Waals surface area (Å²) in [5.41, 5.74) is 4.86. The maximum absolute atomic E-state index is 5.57. The summed E-state index contributed by atoms with van der Waals surface area (Å²) in [7, 11) is 0. The minimum absolute atomic E-state index is 0.220. The summed E-state index contributed by atoms with van der Waals surface area (Å²) in [5.74, 6) is 0.955. The van der Waals surface area contributed by atoms with Gasteiger partial charge < -0.3 is 10.2 Å². The number of para-hydroxylation sites is 1. The normalized spacial score (nSPS) is 13.5. The van der Waals surface area contributed by atoms with Gasteiger partial charge in [-0.3, -0.25) is 0 Å². The standard InChI is InChI=1S/C10H11NO/c1-7(11)10-6-8-4-2-3-5-9(8)12-10/h2-7H,11H2,1H3/p+1/t7-/m1/s1. The maximum Gasteiger partial charge on any atom is 0.162 e. The van der Waals surface area contributed by atoms with Crippen LogP contribution in [0.4, 0.5) is 0 Å². The second-order valence-electron chi connectivity index (χ2n) is 3.09. The molecule has 0 aliphatic heterocycles. The van der Waals surface area contributed by atoms with Gasteiger partial charge in [0.1, 0.15) is 11.6 Å². The molecule has 2 heteroatoms. The summed E-state index contributed by atoms with van der Waals surface area (Å²) in [5, 5.41) is 1.16. The van der Waals surface area contributed by atoms with E-state index in [0.29, 0.717) is 0 Å². The lowest BCUT2D eigenvalue weighted by Gasteiger charge is -1.92. The molecule has 0 amide bonds. The number of hydrogen-bond donors (Lipinski definition) is 1. The SMILES string of the molecule is C[C@@H]([NH3+])c1cc2ccccc2o1. The van der Waals surface area contributed by atoms with Crippen molar-refractivity contribution in [3.63, 3.8) is 0 Å². The topological polar surface area (TPSA) is 40.8 Å². The molecule has 62 valence electrons. The van der Waals surface area contributed by atoms with Crippen molar-refractivity contribution >= 4 is 11.0 Å². The summed E-state index contributed by atoms with van der Waals surface area (Å²) in [6, 6.07) is 10.3. The molecule has 0 bridgehead atoms. The molecule has 3 N–H and O–H groups in total. The molecule has 2 nitrogen and oxygen atoms in total. The molecule has 2 aromatic rings. The molecule has 2 rings (SSSR count). The lowest BCUT2D eigenvalue weighted by atomic mass is 10.2. The van der Waals surface area contributed by atoms with E-state index in [2.05, 4.69) is 5.73 Å². The van der Waals surface area contributed by atoms with Crippen molar-refractivity contribution in [1.29, 1.82) is 0 Å². The van der Waals surface area contributed by atoms with Gasteiger partial charge in [-0.1, -0.05) is 18.2 Å². The van der Waals surface area contributed by atoms with Gasteiger partial charge in [0, 0.05) is 5.39 Å². The Morgan fingerprint density at radius 3 is 2.75 bits per heavy atom. The third-order valence-corrected chi connectivity index (χ3v) is 1.93. The van der Waals surface area contributed by atoms with Gasteiger partial charge in [0.15, 0.2) is 5.76 Å². The molecular weight excluding hydrogens is 150 g/mol. The van der Waals surface area contributed by atoms with E-state index in [9.17, 15) is 0 Å². The molecule has 0 aliphatic rings. The van der Waals surface area contributed by atoms with Crippen molar-refractivity contribution in [1.82, 2.24) is 0 Å². The smallest absolute Gasteiger partial charge is 0.162 e. The predicted octanol–water partition coefficient (Wildman–Crippen LogP) is 1.74. The van der Waals surface area contributed by atoms with Crippen LogP contribution in [0.5, 0.6) is 0 Å². The van der Waals surface area contributed by atoms with Crippen molar-refractivity contribution in [3.05, 3.63) is 36.1 Å². The van der Waals surface area contributed by atoms with E-state index in [1.54, 1.807) is 0 Å². The molecule has 1 atom stereocenters. The van der Waals surface area contributed by atoms with Crippen LogP contribution in [0.25, 0.3) is 11.0 Å². The molecule has 1 aromatic carbocycles. The zero-order valence-electron chi connectivity index (χ0n) is 7.08. The van der Waals surface area contributed by atoms with Crippen LogP contribution in [0.2, 0.25) is 0 Å². The van der Waals surface area contributed by atoms with E-state index in [1.165, 1.54) is 0 Å². The predicted molar refractivity (Wildman–Crippen MR) is 47.5 cm³/mol. The average molecular weight is 162 g/mol. The minimum Gasteiger partial charge on any atom is -0.455 e. The van der Waals surface area contributed by atoms with Crippen LogP contribution in [-0.2, 0) is 0 Å². The fraction of sp³-hybridized carbons (Fsp3) is 0.200. The van der Waals surface area contributed by atoms with Crippen molar-refractivity contribution in [2.75, 3.05) is 0 Å². The molecule has 0 saturated carbocycles. The van der Waals surface area contributed by atoms with E-state index >= 15 is 0 Å². The zero-order valence-corrected chi connectivity index (χ0v) is 7.08. The number of benzene rings is 1. The molecular formula is C10H12NO+. The van der Waals surface area contributed by atoms with Crippen molar-refractivity contribution < 1.29 is 10.2 Å². The van der Waals surface area contributed by atoms with Crippen LogP contribution >= 0.6 is 0 Å². The average Bonchev–Trinajstić information content (AvgIpc) is 2.46. The van der Waals surface area contributed by atoms with Crippen LogP contribution in [0.1, 0.15) is 18.7 Å². The first kappa shape index (κ1) is 7.37. The number of rotatable bonds is 1. The Labute approximate surface area is 71.0 Å².